The second-order valence-corrected chi connectivity index (χ2v) is 5.11. The molecule has 2 aromatic heterocycles. The number of likely N-dealkylation sites (tertiary alicyclic amines) is 1. The fourth-order valence-electron chi connectivity index (χ4n) is 2.76. The van der Waals surface area contributed by atoms with E-state index in [0.29, 0.717) is 18.2 Å². The van der Waals surface area contributed by atoms with E-state index < -0.39 is 0 Å². The summed E-state index contributed by atoms with van der Waals surface area (Å²) in [6, 6.07) is 9.80. The maximum atomic E-state index is 9.15. The maximum absolute atomic E-state index is 9.15. The molecule has 3 heterocycles. The number of aliphatic hydroxyl groups is 1. The quantitative estimate of drug-likeness (QED) is 0.914. The molecule has 1 atom stereocenters. The molecule has 0 amide bonds. The molecule has 0 aromatic carbocycles. The van der Waals surface area contributed by atoms with Crippen molar-refractivity contribution in [3.63, 3.8) is 0 Å². The first-order valence-electron chi connectivity index (χ1n) is 7.26. The van der Waals surface area contributed by atoms with Crippen LogP contribution in [0.2, 0.25) is 0 Å². The van der Waals surface area contributed by atoms with Crippen molar-refractivity contribution in [2.75, 3.05) is 19.7 Å². The van der Waals surface area contributed by atoms with Crippen LogP contribution in [0.25, 0.3) is 0 Å². The number of nitrogens with zero attached hydrogens (tertiary/aromatic N) is 3. The lowest BCUT2D eigenvalue weighted by molar-refractivity contribution is 0.183. The molecule has 0 spiro atoms. The summed E-state index contributed by atoms with van der Waals surface area (Å²) in [6.45, 7) is 1.89. The van der Waals surface area contributed by atoms with Gasteiger partial charge in [-0.25, -0.2) is 4.98 Å². The van der Waals surface area contributed by atoms with Crippen LogP contribution >= 0.6 is 0 Å². The van der Waals surface area contributed by atoms with Crippen LogP contribution in [-0.2, 0) is 0 Å². The molecule has 3 rings (SSSR count). The molecule has 0 bridgehead atoms. The Morgan fingerprint density at radius 1 is 1.29 bits per heavy atom. The molecular formula is C16H19N3O2. The van der Waals surface area contributed by atoms with Crippen LogP contribution in [0.4, 0.5) is 0 Å². The Hall–Kier alpha value is -1.98. The van der Waals surface area contributed by atoms with Gasteiger partial charge in [-0.05, 0) is 37.6 Å². The van der Waals surface area contributed by atoms with Crippen molar-refractivity contribution in [3.05, 3.63) is 48.4 Å². The number of hydrogen-bond acceptors (Lipinski definition) is 5. The van der Waals surface area contributed by atoms with Gasteiger partial charge in [-0.15, -0.1) is 0 Å². The van der Waals surface area contributed by atoms with Crippen LogP contribution < -0.4 is 4.74 Å². The summed E-state index contributed by atoms with van der Waals surface area (Å²) in [5.41, 5.74) is 1.00. The third kappa shape index (κ3) is 3.37. The normalized spacial score (nSPS) is 18.8. The van der Waals surface area contributed by atoms with E-state index in [0.717, 1.165) is 25.1 Å². The predicted octanol–water partition coefficient (Wildman–Crippen LogP) is 2.40. The molecule has 1 N–H and O–H groups in total. The van der Waals surface area contributed by atoms with Gasteiger partial charge in [0.2, 0.25) is 5.88 Å². The van der Waals surface area contributed by atoms with Crippen molar-refractivity contribution >= 4 is 0 Å². The third-order valence-corrected chi connectivity index (χ3v) is 3.69. The Bertz CT molecular complexity index is 577. The van der Waals surface area contributed by atoms with Crippen LogP contribution in [-0.4, -0.2) is 39.7 Å². The summed E-state index contributed by atoms with van der Waals surface area (Å²) in [6.07, 6.45) is 5.59. The molecule has 5 nitrogen and oxygen atoms in total. The number of hydrogen-bond donors (Lipinski definition) is 1. The van der Waals surface area contributed by atoms with E-state index in [9.17, 15) is 0 Å². The molecule has 1 fully saturated rings. The topological polar surface area (TPSA) is 58.5 Å². The Kier molecular flexibility index (Phi) is 4.43. The van der Waals surface area contributed by atoms with Gasteiger partial charge in [0, 0.05) is 18.8 Å². The van der Waals surface area contributed by atoms with Crippen molar-refractivity contribution < 1.29 is 9.84 Å². The van der Waals surface area contributed by atoms with Crippen LogP contribution in [0.5, 0.6) is 11.6 Å². The summed E-state index contributed by atoms with van der Waals surface area (Å²) < 4.78 is 5.73. The molecule has 0 unspecified atom stereocenters. The van der Waals surface area contributed by atoms with E-state index in [4.69, 9.17) is 9.84 Å². The molecule has 1 aliphatic heterocycles. The Labute approximate surface area is 124 Å². The monoisotopic (exact) mass is 285 g/mol. The van der Waals surface area contributed by atoms with Gasteiger partial charge in [-0.2, -0.15) is 0 Å². The Balaban J connectivity index is 1.77. The molecule has 0 radical (unpaired) electrons. The van der Waals surface area contributed by atoms with Crippen molar-refractivity contribution in [2.24, 2.45) is 0 Å². The lowest BCUT2D eigenvalue weighted by atomic mass is 10.1. The smallest absolute Gasteiger partial charge is 0.219 e. The van der Waals surface area contributed by atoms with E-state index in [1.54, 1.807) is 12.4 Å². The number of ether oxygens (including phenoxy) is 1. The molecule has 5 heteroatoms. The molecule has 1 saturated heterocycles. The van der Waals surface area contributed by atoms with Gasteiger partial charge >= 0.3 is 0 Å². The largest absolute Gasteiger partial charge is 0.437 e. The molecule has 2 aromatic rings. The Morgan fingerprint density at radius 2 is 2.24 bits per heavy atom. The van der Waals surface area contributed by atoms with Gasteiger partial charge < -0.3 is 9.84 Å². The molecule has 110 valence electrons. The third-order valence-electron chi connectivity index (χ3n) is 3.69. The maximum Gasteiger partial charge on any atom is 0.219 e. The van der Waals surface area contributed by atoms with Crippen LogP contribution in [0.3, 0.4) is 0 Å². The summed E-state index contributed by atoms with van der Waals surface area (Å²) >= 11 is 0. The zero-order valence-corrected chi connectivity index (χ0v) is 11.9. The van der Waals surface area contributed by atoms with Crippen LogP contribution in [0, 0.1) is 0 Å². The summed E-state index contributed by atoms with van der Waals surface area (Å²) in [4.78, 5) is 10.9. The first-order chi connectivity index (χ1) is 10.4. The summed E-state index contributed by atoms with van der Waals surface area (Å²) in [5.74, 6) is 1.26. The van der Waals surface area contributed by atoms with Crippen LogP contribution in [0.1, 0.15) is 24.6 Å². The van der Waals surface area contributed by atoms with Crippen molar-refractivity contribution in [2.45, 2.75) is 18.9 Å². The van der Waals surface area contributed by atoms with Gasteiger partial charge in [0.15, 0.2) is 0 Å². The van der Waals surface area contributed by atoms with Gasteiger partial charge in [0.05, 0.1) is 24.5 Å². The van der Waals surface area contributed by atoms with Gasteiger partial charge in [0.1, 0.15) is 5.75 Å². The highest BCUT2D eigenvalue weighted by Crippen LogP contribution is 2.31. The summed E-state index contributed by atoms with van der Waals surface area (Å²) in [5, 5.41) is 9.15. The average Bonchev–Trinajstić information content (AvgIpc) is 2.97. The predicted molar refractivity (Wildman–Crippen MR) is 79.2 cm³/mol. The van der Waals surface area contributed by atoms with Crippen molar-refractivity contribution in [1.29, 1.82) is 0 Å². The zero-order valence-electron chi connectivity index (χ0n) is 11.9. The zero-order chi connectivity index (χ0) is 14.5. The SMILES string of the molecule is OCCN1CCC[C@@H]1c1cccc(Oc2cccnc2)n1. The number of rotatable bonds is 5. The summed E-state index contributed by atoms with van der Waals surface area (Å²) in [7, 11) is 0. The van der Waals surface area contributed by atoms with Gasteiger partial charge in [-0.1, -0.05) is 6.07 Å². The molecule has 1 aliphatic rings. The minimum atomic E-state index is 0.183. The van der Waals surface area contributed by atoms with E-state index in [-0.39, 0.29) is 12.6 Å². The van der Waals surface area contributed by atoms with Crippen molar-refractivity contribution in [1.82, 2.24) is 14.9 Å². The van der Waals surface area contributed by atoms with Gasteiger partial charge in [-0.3, -0.25) is 9.88 Å². The average molecular weight is 285 g/mol. The van der Waals surface area contributed by atoms with Gasteiger partial charge in [0.25, 0.3) is 0 Å². The van der Waals surface area contributed by atoms with Crippen molar-refractivity contribution in [3.8, 4) is 11.6 Å². The lowest BCUT2D eigenvalue weighted by Gasteiger charge is -2.23. The standard InChI is InChI=1S/C16H19N3O2/c20-11-10-19-9-3-6-15(19)14-5-1-7-16(18-14)21-13-4-2-8-17-12-13/h1-2,4-5,7-8,12,15,20H,3,6,9-11H2/t15-/m1/s1. The number of β-amino-alcohol motifs (C(OH)–C–C–N with tert-alkyl or cyclic N) is 1. The minimum Gasteiger partial charge on any atom is -0.437 e. The molecule has 0 saturated carbocycles. The second kappa shape index (κ2) is 6.65. The van der Waals surface area contributed by atoms with E-state index >= 15 is 0 Å². The molecule has 0 aliphatic carbocycles. The highest BCUT2D eigenvalue weighted by atomic mass is 16.5. The fraction of sp³-hybridized carbons (Fsp3) is 0.375. The lowest BCUT2D eigenvalue weighted by Crippen LogP contribution is -2.26. The highest BCUT2D eigenvalue weighted by molar-refractivity contribution is 5.25. The highest BCUT2D eigenvalue weighted by Gasteiger charge is 2.26. The molecule has 21 heavy (non-hydrogen) atoms. The van der Waals surface area contributed by atoms with E-state index in [1.807, 2.05) is 30.3 Å². The fourth-order valence-corrected chi connectivity index (χ4v) is 2.76. The number of aromatic nitrogens is 2. The first-order valence-corrected chi connectivity index (χ1v) is 7.26. The second-order valence-electron chi connectivity index (χ2n) is 5.11. The first kappa shape index (κ1) is 14.0. The Morgan fingerprint density at radius 3 is 3.05 bits per heavy atom. The minimum absolute atomic E-state index is 0.183. The number of pyridine rings is 2. The van der Waals surface area contributed by atoms with Crippen LogP contribution in [0.15, 0.2) is 42.7 Å². The molecular weight excluding hydrogens is 266 g/mol. The number of aliphatic hydroxyl groups excluding tert-OH is 1. The van der Waals surface area contributed by atoms with E-state index in [2.05, 4.69) is 14.9 Å². The van der Waals surface area contributed by atoms with E-state index in [1.165, 1.54) is 0 Å².